The highest BCUT2D eigenvalue weighted by Gasteiger charge is 2.29. The predicted molar refractivity (Wildman–Crippen MR) is 95.8 cm³/mol. The third kappa shape index (κ3) is 4.72. The van der Waals surface area contributed by atoms with Crippen molar-refractivity contribution in [1.29, 1.82) is 0 Å². The Hall–Kier alpha value is -2.56. The van der Waals surface area contributed by atoms with Gasteiger partial charge in [0.1, 0.15) is 6.61 Å². The minimum Gasteiger partial charge on any atom is -0.490 e. The normalized spacial score (nSPS) is 14.6. The van der Waals surface area contributed by atoms with Gasteiger partial charge < -0.3 is 14.8 Å². The zero-order chi connectivity index (χ0) is 17.6. The topological polar surface area (TPSA) is 60.5 Å². The number of carbonyl (C=O) groups excluding carboxylic acids is 1. The fourth-order valence-corrected chi connectivity index (χ4v) is 2.68. The molecule has 1 heterocycles. The molecule has 1 atom stereocenters. The summed E-state index contributed by atoms with van der Waals surface area (Å²) in [7, 11) is 0. The summed E-state index contributed by atoms with van der Waals surface area (Å²) in [6.07, 6.45) is 5.87. The van der Waals surface area contributed by atoms with E-state index in [1.807, 2.05) is 19.1 Å². The minimum atomic E-state index is -0.0685. The highest BCUT2D eigenvalue weighted by atomic mass is 16.5. The molecule has 0 bridgehead atoms. The Bertz CT molecular complexity index is 714. The van der Waals surface area contributed by atoms with Gasteiger partial charge in [-0.2, -0.15) is 0 Å². The van der Waals surface area contributed by atoms with E-state index in [4.69, 9.17) is 9.47 Å². The van der Waals surface area contributed by atoms with Crippen LogP contribution < -0.4 is 14.8 Å². The maximum absolute atomic E-state index is 12.4. The average Bonchev–Trinajstić information content (AvgIpc) is 3.47. The summed E-state index contributed by atoms with van der Waals surface area (Å²) < 4.78 is 11.5. The van der Waals surface area contributed by atoms with Crippen LogP contribution in [0.15, 0.2) is 42.7 Å². The van der Waals surface area contributed by atoms with Gasteiger partial charge in [-0.05, 0) is 68.5 Å². The van der Waals surface area contributed by atoms with Crippen molar-refractivity contribution in [2.75, 3.05) is 6.61 Å². The second kappa shape index (κ2) is 8.01. The van der Waals surface area contributed by atoms with Crippen LogP contribution in [0.1, 0.15) is 42.6 Å². The van der Waals surface area contributed by atoms with Crippen LogP contribution in [-0.2, 0) is 6.61 Å². The first-order valence-corrected chi connectivity index (χ1v) is 8.76. The van der Waals surface area contributed by atoms with E-state index in [1.54, 1.807) is 30.6 Å². The molecule has 5 nitrogen and oxygen atoms in total. The van der Waals surface area contributed by atoms with Gasteiger partial charge in [-0.15, -0.1) is 0 Å². The molecule has 1 amide bonds. The van der Waals surface area contributed by atoms with Crippen LogP contribution in [0.2, 0.25) is 0 Å². The molecule has 1 unspecified atom stereocenters. The molecule has 1 N–H and O–H groups in total. The Morgan fingerprint density at radius 2 is 1.96 bits per heavy atom. The second-order valence-corrected chi connectivity index (χ2v) is 6.34. The molecule has 1 aromatic carbocycles. The quantitative estimate of drug-likeness (QED) is 0.798. The Kier molecular flexibility index (Phi) is 5.53. The zero-order valence-corrected chi connectivity index (χ0v) is 14.7. The van der Waals surface area contributed by atoms with Crippen molar-refractivity contribution in [3.05, 3.63) is 53.9 Å². The fourth-order valence-electron chi connectivity index (χ4n) is 2.68. The van der Waals surface area contributed by atoms with E-state index in [2.05, 4.69) is 17.2 Å². The van der Waals surface area contributed by atoms with E-state index >= 15 is 0 Å². The summed E-state index contributed by atoms with van der Waals surface area (Å²) in [5.74, 6) is 1.77. The predicted octanol–water partition coefficient (Wildman–Crippen LogP) is 3.59. The zero-order valence-electron chi connectivity index (χ0n) is 14.7. The number of rotatable bonds is 8. The summed E-state index contributed by atoms with van der Waals surface area (Å²) in [5, 5.41) is 3.06. The molecule has 132 valence electrons. The number of nitrogens with one attached hydrogen (secondary N) is 1. The molecule has 25 heavy (non-hydrogen) atoms. The van der Waals surface area contributed by atoms with Crippen molar-refractivity contribution in [2.45, 2.75) is 39.3 Å². The van der Waals surface area contributed by atoms with Crippen LogP contribution in [0.5, 0.6) is 11.5 Å². The molecule has 5 heteroatoms. The molecule has 0 saturated heterocycles. The van der Waals surface area contributed by atoms with Gasteiger partial charge in [0, 0.05) is 24.0 Å². The maximum atomic E-state index is 12.4. The molecule has 1 aromatic heterocycles. The first-order chi connectivity index (χ1) is 12.2. The van der Waals surface area contributed by atoms with Crippen molar-refractivity contribution in [3.63, 3.8) is 0 Å². The molecule has 3 rings (SSSR count). The average molecular weight is 340 g/mol. The van der Waals surface area contributed by atoms with E-state index < -0.39 is 0 Å². The van der Waals surface area contributed by atoms with E-state index in [0.717, 1.165) is 5.56 Å². The van der Waals surface area contributed by atoms with Gasteiger partial charge in [-0.3, -0.25) is 9.78 Å². The summed E-state index contributed by atoms with van der Waals surface area (Å²) in [5.41, 5.74) is 1.62. The molecule has 1 fully saturated rings. The number of ether oxygens (including phenoxy) is 2. The van der Waals surface area contributed by atoms with Crippen molar-refractivity contribution < 1.29 is 14.3 Å². The molecule has 1 aliphatic carbocycles. The van der Waals surface area contributed by atoms with Crippen molar-refractivity contribution in [1.82, 2.24) is 10.3 Å². The smallest absolute Gasteiger partial charge is 0.251 e. The van der Waals surface area contributed by atoms with Crippen molar-refractivity contribution in [3.8, 4) is 11.5 Å². The van der Waals surface area contributed by atoms with Gasteiger partial charge in [0.2, 0.25) is 0 Å². The SMILES string of the molecule is CCOc1cc(C(=O)NC(C)C2CC2)ccc1OCc1ccncc1. The summed E-state index contributed by atoms with van der Waals surface area (Å²) in [6.45, 7) is 4.90. The lowest BCUT2D eigenvalue weighted by Crippen LogP contribution is -2.33. The molecule has 0 spiro atoms. The number of nitrogens with zero attached hydrogens (tertiary/aromatic N) is 1. The molecule has 0 aliphatic heterocycles. The van der Waals surface area contributed by atoms with Gasteiger partial charge in [0.15, 0.2) is 11.5 Å². The van der Waals surface area contributed by atoms with E-state index in [1.165, 1.54) is 12.8 Å². The number of benzene rings is 1. The Morgan fingerprint density at radius 1 is 1.20 bits per heavy atom. The van der Waals surface area contributed by atoms with Gasteiger partial charge in [-0.25, -0.2) is 0 Å². The molecule has 1 saturated carbocycles. The third-order valence-electron chi connectivity index (χ3n) is 4.34. The lowest BCUT2D eigenvalue weighted by molar-refractivity contribution is 0.0935. The van der Waals surface area contributed by atoms with Crippen LogP contribution in [0.25, 0.3) is 0 Å². The Labute approximate surface area is 148 Å². The second-order valence-electron chi connectivity index (χ2n) is 6.34. The Balaban J connectivity index is 1.69. The van der Waals surface area contributed by atoms with Gasteiger partial charge in [-0.1, -0.05) is 0 Å². The van der Waals surface area contributed by atoms with Crippen molar-refractivity contribution >= 4 is 5.91 Å². The van der Waals surface area contributed by atoms with Gasteiger partial charge >= 0.3 is 0 Å². The highest BCUT2D eigenvalue weighted by molar-refractivity contribution is 5.95. The molecule has 0 radical (unpaired) electrons. The summed E-state index contributed by atoms with van der Waals surface area (Å²) in [6, 6.07) is 9.34. The van der Waals surface area contributed by atoms with Crippen LogP contribution in [0, 0.1) is 5.92 Å². The lowest BCUT2D eigenvalue weighted by atomic mass is 10.1. The maximum Gasteiger partial charge on any atom is 0.251 e. The van der Waals surface area contributed by atoms with Crippen LogP contribution in [-0.4, -0.2) is 23.5 Å². The van der Waals surface area contributed by atoms with E-state index in [9.17, 15) is 4.79 Å². The molecule has 1 aliphatic rings. The minimum absolute atomic E-state index is 0.0685. The van der Waals surface area contributed by atoms with Gasteiger partial charge in [0.05, 0.1) is 6.61 Å². The van der Waals surface area contributed by atoms with Crippen LogP contribution in [0.3, 0.4) is 0 Å². The summed E-state index contributed by atoms with van der Waals surface area (Å²) >= 11 is 0. The lowest BCUT2D eigenvalue weighted by Gasteiger charge is -2.15. The highest BCUT2D eigenvalue weighted by Crippen LogP contribution is 2.33. The number of pyridine rings is 1. The standard InChI is InChI=1S/C20H24N2O3/c1-3-24-19-12-17(20(23)22-14(2)16-4-5-16)6-7-18(19)25-13-15-8-10-21-11-9-15/h6-12,14,16H,3-5,13H2,1-2H3,(H,22,23). The van der Waals surface area contributed by atoms with E-state index in [-0.39, 0.29) is 11.9 Å². The monoisotopic (exact) mass is 340 g/mol. The number of amides is 1. The number of carbonyl (C=O) groups is 1. The molecule has 2 aromatic rings. The molecular formula is C20H24N2O3. The summed E-state index contributed by atoms with van der Waals surface area (Å²) in [4.78, 5) is 16.4. The molecular weight excluding hydrogens is 316 g/mol. The largest absolute Gasteiger partial charge is 0.490 e. The number of aromatic nitrogens is 1. The van der Waals surface area contributed by atoms with E-state index in [0.29, 0.717) is 36.2 Å². The van der Waals surface area contributed by atoms with Crippen molar-refractivity contribution in [2.24, 2.45) is 5.92 Å². The Morgan fingerprint density at radius 3 is 2.64 bits per heavy atom. The van der Waals surface area contributed by atoms with Gasteiger partial charge in [0.25, 0.3) is 5.91 Å². The fraction of sp³-hybridized carbons (Fsp3) is 0.400. The number of hydrogen-bond donors (Lipinski definition) is 1. The first-order valence-electron chi connectivity index (χ1n) is 8.76. The third-order valence-corrected chi connectivity index (χ3v) is 4.34. The number of hydrogen-bond acceptors (Lipinski definition) is 4. The van der Waals surface area contributed by atoms with Crippen LogP contribution >= 0.6 is 0 Å². The first kappa shape index (κ1) is 17.3. The van der Waals surface area contributed by atoms with Crippen LogP contribution in [0.4, 0.5) is 0 Å².